The van der Waals surface area contributed by atoms with Gasteiger partial charge in [-0.05, 0) is 19.9 Å². The molecule has 1 aromatic rings. The number of para-hydroxylation sites is 1. The molecule has 0 fully saturated rings. The lowest BCUT2D eigenvalue weighted by Gasteiger charge is -2.27. The van der Waals surface area contributed by atoms with Crippen molar-refractivity contribution >= 4 is 10.0 Å². The molecule has 5 nitrogen and oxygen atoms in total. The zero-order valence-corrected chi connectivity index (χ0v) is 11.3. The van der Waals surface area contributed by atoms with Crippen molar-refractivity contribution in [1.82, 2.24) is 5.32 Å². The Hall–Kier alpha value is -1.11. The molecule has 1 heterocycles. The molecule has 1 unspecified atom stereocenters. The molecule has 2 rings (SSSR count). The van der Waals surface area contributed by atoms with Gasteiger partial charge in [-0.15, -0.1) is 0 Å². The van der Waals surface area contributed by atoms with Gasteiger partial charge in [0.05, 0.1) is 11.8 Å². The topological polar surface area (TPSA) is 81.4 Å². The summed E-state index contributed by atoms with van der Waals surface area (Å²) in [6.45, 7) is 4.26. The first-order chi connectivity index (χ1) is 8.30. The van der Waals surface area contributed by atoms with Gasteiger partial charge in [-0.3, -0.25) is 0 Å². The van der Waals surface area contributed by atoms with Crippen molar-refractivity contribution in [2.24, 2.45) is 5.14 Å². The van der Waals surface area contributed by atoms with E-state index in [1.807, 2.05) is 38.1 Å². The van der Waals surface area contributed by atoms with E-state index < -0.39 is 15.6 Å². The van der Waals surface area contributed by atoms with Crippen LogP contribution in [0.25, 0.3) is 0 Å². The molecule has 1 aliphatic heterocycles. The van der Waals surface area contributed by atoms with E-state index in [9.17, 15) is 8.42 Å². The van der Waals surface area contributed by atoms with Gasteiger partial charge in [-0.1, -0.05) is 18.2 Å². The minimum Gasteiger partial charge on any atom is -0.486 e. The number of hydrogen-bond donors (Lipinski definition) is 2. The van der Waals surface area contributed by atoms with Crippen LogP contribution in [0.3, 0.4) is 0 Å². The van der Waals surface area contributed by atoms with E-state index in [0.717, 1.165) is 11.3 Å². The second-order valence-electron chi connectivity index (χ2n) is 5.00. The lowest BCUT2D eigenvalue weighted by molar-refractivity contribution is 0.0974. The van der Waals surface area contributed by atoms with Crippen molar-refractivity contribution in [3.8, 4) is 5.75 Å². The number of nitrogens with one attached hydrogen (secondary N) is 1. The van der Waals surface area contributed by atoms with Gasteiger partial charge >= 0.3 is 0 Å². The summed E-state index contributed by atoms with van der Waals surface area (Å²) >= 11 is 0. The molecule has 0 aliphatic carbocycles. The van der Waals surface area contributed by atoms with E-state index in [1.54, 1.807) is 0 Å². The Labute approximate surface area is 107 Å². The summed E-state index contributed by atoms with van der Waals surface area (Å²) in [6, 6.07) is 7.73. The van der Waals surface area contributed by atoms with Crippen LogP contribution in [0.4, 0.5) is 0 Å². The Balaban J connectivity index is 2.11. The van der Waals surface area contributed by atoms with Crippen molar-refractivity contribution in [1.29, 1.82) is 0 Å². The molecule has 0 saturated carbocycles. The summed E-state index contributed by atoms with van der Waals surface area (Å²) in [6.07, 6.45) is 0. The number of sulfonamides is 1. The van der Waals surface area contributed by atoms with Gasteiger partial charge in [0.25, 0.3) is 0 Å². The third-order valence-electron chi connectivity index (χ3n) is 3.03. The van der Waals surface area contributed by atoms with Crippen LogP contribution in [0, 0.1) is 0 Å². The van der Waals surface area contributed by atoms with Crippen LogP contribution in [-0.2, 0) is 10.0 Å². The van der Waals surface area contributed by atoms with Gasteiger partial charge < -0.3 is 10.1 Å². The molecular formula is C12H18N2O3S. The van der Waals surface area contributed by atoms with Crippen LogP contribution in [0.2, 0.25) is 0 Å². The van der Waals surface area contributed by atoms with Gasteiger partial charge in [-0.2, -0.15) is 0 Å². The monoisotopic (exact) mass is 270 g/mol. The number of nitrogens with two attached hydrogens (primary N) is 1. The van der Waals surface area contributed by atoms with Crippen LogP contribution in [-0.4, -0.2) is 26.3 Å². The SMILES string of the molecule is CC1(C)Oc2ccccc2C1NCCS(N)(=O)=O. The molecule has 1 aliphatic rings. The molecule has 0 radical (unpaired) electrons. The second-order valence-corrected chi connectivity index (χ2v) is 6.73. The molecule has 0 bridgehead atoms. The Morgan fingerprint density at radius 1 is 1.39 bits per heavy atom. The maximum atomic E-state index is 10.9. The van der Waals surface area contributed by atoms with Gasteiger partial charge in [0.2, 0.25) is 10.0 Å². The number of hydrogen-bond acceptors (Lipinski definition) is 4. The first kappa shape index (κ1) is 13.3. The van der Waals surface area contributed by atoms with Crippen LogP contribution >= 0.6 is 0 Å². The molecule has 100 valence electrons. The lowest BCUT2D eigenvalue weighted by atomic mass is 9.94. The summed E-state index contributed by atoms with van der Waals surface area (Å²) in [5, 5.41) is 8.18. The Bertz CT molecular complexity index is 540. The van der Waals surface area contributed by atoms with Crippen LogP contribution in [0.5, 0.6) is 5.75 Å². The highest BCUT2D eigenvalue weighted by atomic mass is 32.2. The molecule has 1 aromatic carbocycles. The molecule has 6 heteroatoms. The van der Waals surface area contributed by atoms with Crippen molar-refractivity contribution in [3.63, 3.8) is 0 Å². The van der Waals surface area contributed by atoms with Crippen molar-refractivity contribution in [3.05, 3.63) is 29.8 Å². The smallest absolute Gasteiger partial charge is 0.210 e. The predicted octanol–water partition coefficient (Wildman–Crippen LogP) is 0.777. The minimum atomic E-state index is -3.43. The average molecular weight is 270 g/mol. The third-order valence-corrected chi connectivity index (χ3v) is 3.81. The summed E-state index contributed by atoms with van der Waals surface area (Å²) in [5.41, 5.74) is 0.652. The summed E-state index contributed by atoms with van der Waals surface area (Å²) in [7, 11) is -3.43. The molecule has 18 heavy (non-hydrogen) atoms. The van der Waals surface area contributed by atoms with Gasteiger partial charge in [0.15, 0.2) is 0 Å². The van der Waals surface area contributed by atoms with Gasteiger partial charge in [-0.25, -0.2) is 13.6 Å². The number of rotatable bonds is 4. The highest BCUT2D eigenvalue weighted by Crippen LogP contribution is 2.42. The molecular weight excluding hydrogens is 252 g/mol. The molecule has 0 amide bonds. The molecule has 0 saturated heterocycles. The maximum absolute atomic E-state index is 10.9. The lowest BCUT2D eigenvalue weighted by Crippen LogP contribution is -2.41. The zero-order chi connectivity index (χ0) is 13.4. The van der Waals surface area contributed by atoms with E-state index in [2.05, 4.69) is 5.32 Å². The summed E-state index contributed by atoms with van der Waals surface area (Å²) < 4.78 is 27.7. The molecule has 0 aromatic heterocycles. The molecule has 0 spiro atoms. The van der Waals surface area contributed by atoms with Gasteiger partial charge in [0.1, 0.15) is 11.4 Å². The molecule has 3 N–H and O–H groups in total. The highest BCUT2D eigenvalue weighted by Gasteiger charge is 2.40. The van der Waals surface area contributed by atoms with Crippen LogP contribution in [0.15, 0.2) is 24.3 Å². The number of benzene rings is 1. The maximum Gasteiger partial charge on any atom is 0.210 e. The predicted molar refractivity (Wildman–Crippen MR) is 69.9 cm³/mol. The normalized spacial score (nSPS) is 21.4. The fraction of sp³-hybridized carbons (Fsp3) is 0.500. The molecule has 1 atom stereocenters. The van der Waals surface area contributed by atoms with E-state index in [4.69, 9.17) is 9.88 Å². The van der Waals surface area contributed by atoms with Crippen LogP contribution < -0.4 is 15.2 Å². The fourth-order valence-electron chi connectivity index (χ4n) is 2.23. The standard InChI is InChI=1S/C12H18N2O3S/c1-12(2)11(14-7-8-18(13,15)16)9-5-3-4-6-10(9)17-12/h3-6,11,14H,7-8H2,1-2H3,(H2,13,15,16). The van der Waals surface area contributed by atoms with E-state index in [0.29, 0.717) is 6.54 Å². The number of fused-ring (bicyclic) bond motifs is 1. The first-order valence-corrected chi connectivity index (χ1v) is 7.53. The Morgan fingerprint density at radius 3 is 2.72 bits per heavy atom. The van der Waals surface area contributed by atoms with Gasteiger partial charge in [0, 0.05) is 12.1 Å². The highest BCUT2D eigenvalue weighted by molar-refractivity contribution is 7.89. The minimum absolute atomic E-state index is 0.0320. The Morgan fingerprint density at radius 2 is 2.06 bits per heavy atom. The quantitative estimate of drug-likeness (QED) is 0.847. The second kappa shape index (κ2) is 4.53. The number of primary sulfonamides is 1. The number of ether oxygens (including phenoxy) is 1. The van der Waals surface area contributed by atoms with Crippen LogP contribution in [0.1, 0.15) is 25.5 Å². The fourth-order valence-corrected chi connectivity index (χ4v) is 2.63. The van der Waals surface area contributed by atoms with E-state index >= 15 is 0 Å². The summed E-state index contributed by atoms with van der Waals surface area (Å²) in [5.74, 6) is 0.762. The zero-order valence-electron chi connectivity index (χ0n) is 10.5. The van der Waals surface area contributed by atoms with E-state index in [-0.39, 0.29) is 11.8 Å². The third kappa shape index (κ3) is 2.82. The van der Waals surface area contributed by atoms with E-state index in [1.165, 1.54) is 0 Å². The average Bonchev–Trinajstić information content (AvgIpc) is 2.48. The first-order valence-electron chi connectivity index (χ1n) is 5.81. The van der Waals surface area contributed by atoms with Crippen molar-refractivity contribution in [2.75, 3.05) is 12.3 Å². The Kier molecular flexibility index (Phi) is 3.35. The van der Waals surface area contributed by atoms with Crippen molar-refractivity contribution < 1.29 is 13.2 Å². The largest absolute Gasteiger partial charge is 0.486 e. The summed E-state index contributed by atoms with van der Waals surface area (Å²) in [4.78, 5) is 0. The van der Waals surface area contributed by atoms with Crippen molar-refractivity contribution in [2.45, 2.75) is 25.5 Å².